The van der Waals surface area contributed by atoms with Gasteiger partial charge in [-0.25, -0.2) is 0 Å². The van der Waals surface area contributed by atoms with E-state index in [1.165, 1.54) is 0 Å². The number of rotatable bonds is 6. The summed E-state index contributed by atoms with van der Waals surface area (Å²) in [6, 6.07) is 5.73. The fourth-order valence-electron chi connectivity index (χ4n) is 2.50. The topological polar surface area (TPSA) is 48.2 Å². The predicted molar refractivity (Wildman–Crippen MR) is 95.0 cm³/mol. The Labute approximate surface area is 138 Å². The highest BCUT2D eigenvalue weighted by atomic mass is 35.5. The first kappa shape index (κ1) is 18.3. The zero-order chi connectivity index (χ0) is 16.8. The van der Waals surface area contributed by atoms with E-state index in [0.29, 0.717) is 16.4 Å². The molecule has 0 saturated heterocycles. The van der Waals surface area contributed by atoms with Gasteiger partial charge in [-0.2, -0.15) is 5.26 Å². The molecular formula is C18H24ClN3. The Morgan fingerprint density at radius 1 is 1.27 bits per heavy atom. The van der Waals surface area contributed by atoms with Gasteiger partial charge in [-0.3, -0.25) is 10.3 Å². The zero-order valence-electron chi connectivity index (χ0n) is 13.8. The molecule has 0 aliphatic carbocycles. The van der Waals surface area contributed by atoms with E-state index in [2.05, 4.69) is 32.7 Å². The van der Waals surface area contributed by atoms with Crippen molar-refractivity contribution in [3.8, 4) is 6.19 Å². The minimum absolute atomic E-state index is 0.171. The van der Waals surface area contributed by atoms with Gasteiger partial charge in [0.1, 0.15) is 5.84 Å². The summed E-state index contributed by atoms with van der Waals surface area (Å²) in [7, 11) is 0. The molecule has 4 heteroatoms. The van der Waals surface area contributed by atoms with Crippen molar-refractivity contribution in [1.29, 1.82) is 5.26 Å². The van der Waals surface area contributed by atoms with Crippen molar-refractivity contribution in [2.45, 2.75) is 52.5 Å². The minimum atomic E-state index is -0.171. The van der Waals surface area contributed by atoms with Gasteiger partial charge in [0.2, 0.25) is 0 Å². The van der Waals surface area contributed by atoms with E-state index in [4.69, 9.17) is 21.9 Å². The summed E-state index contributed by atoms with van der Waals surface area (Å²) in [5.41, 5.74) is 2.44. The molecule has 0 fully saturated rings. The molecule has 0 atom stereocenters. The Balaban J connectivity index is 3.30. The number of aliphatic imine (C=N–C) groups is 1. The van der Waals surface area contributed by atoms with Crippen molar-refractivity contribution in [3.05, 3.63) is 40.9 Å². The molecule has 1 rings (SSSR count). The largest absolute Gasteiger partial charge is 0.277 e. The van der Waals surface area contributed by atoms with Gasteiger partial charge in [0.15, 0.2) is 6.19 Å². The molecule has 0 heterocycles. The molecule has 0 bridgehead atoms. The highest BCUT2D eigenvalue weighted by molar-refractivity contribution is 6.31. The highest BCUT2D eigenvalue weighted by Crippen LogP contribution is 2.27. The van der Waals surface area contributed by atoms with Crippen LogP contribution in [0.2, 0.25) is 5.02 Å². The fraction of sp³-hybridized carbons (Fsp3) is 0.444. The fourth-order valence-corrected chi connectivity index (χ4v) is 2.79. The van der Waals surface area contributed by atoms with Gasteiger partial charge in [0, 0.05) is 10.6 Å². The van der Waals surface area contributed by atoms with Crippen LogP contribution < -0.4 is 5.32 Å². The molecule has 3 nitrogen and oxygen atoms in total. The van der Waals surface area contributed by atoms with E-state index in [0.717, 1.165) is 30.4 Å². The average molecular weight is 318 g/mol. The van der Waals surface area contributed by atoms with Crippen molar-refractivity contribution in [1.82, 2.24) is 5.32 Å². The van der Waals surface area contributed by atoms with Gasteiger partial charge in [-0.05, 0) is 49.4 Å². The monoisotopic (exact) mass is 317 g/mol. The SMILES string of the molecule is C=C(C(=NC(CC)(CC)CC)NC#N)c1cc(C)cc(Cl)c1. The smallest absolute Gasteiger partial charge is 0.182 e. The van der Waals surface area contributed by atoms with Crippen LogP contribution in [0.25, 0.3) is 5.57 Å². The molecule has 0 aromatic heterocycles. The lowest BCUT2D eigenvalue weighted by molar-refractivity contribution is 0.386. The van der Waals surface area contributed by atoms with Gasteiger partial charge in [-0.1, -0.05) is 45.0 Å². The second-order valence-corrected chi connectivity index (χ2v) is 5.91. The van der Waals surface area contributed by atoms with E-state index < -0.39 is 0 Å². The molecule has 0 amide bonds. The molecule has 1 aromatic rings. The van der Waals surface area contributed by atoms with Gasteiger partial charge >= 0.3 is 0 Å². The Kier molecular flexibility index (Phi) is 6.64. The highest BCUT2D eigenvalue weighted by Gasteiger charge is 2.24. The van der Waals surface area contributed by atoms with Crippen LogP contribution in [0.4, 0.5) is 0 Å². The summed E-state index contributed by atoms with van der Waals surface area (Å²) >= 11 is 6.12. The molecule has 0 spiro atoms. The molecule has 0 aliphatic rings. The number of hydrogen-bond acceptors (Lipinski definition) is 2. The molecule has 0 radical (unpaired) electrons. The molecular weight excluding hydrogens is 294 g/mol. The van der Waals surface area contributed by atoms with Crippen LogP contribution in [-0.4, -0.2) is 11.4 Å². The summed E-state index contributed by atoms with van der Waals surface area (Å²) in [6.45, 7) is 12.4. The van der Waals surface area contributed by atoms with Gasteiger partial charge in [0.05, 0.1) is 5.54 Å². The molecule has 22 heavy (non-hydrogen) atoms. The van der Waals surface area contributed by atoms with Crippen LogP contribution in [0, 0.1) is 18.4 Å². The zero-order valence-corrected chi connectivity index (χ0v) is 14.6. The van der Waals surface area contributed by atoms with Crippen molar-refractivity contribution in [3.63, 3.8) is 0 Å². The minimum Gasteiger partial charge on any atom is -0.277 e. The molecule has 118 valence electrons. The van der Waals surface area contributed by atoms with Gasteiger partial charge in [0.25, 0.3) is 0 Å². The molecule has 1 aromatic carbocycles. The number of benzene rings is 1. The van der Waals surface area contributed by atoms with Gasteiger partial charge in [-0.15, -0.1) is 0 Å². The standard InChI is InChI=1S/C18H24ClN3/c1-6-18(7-2,8-3)22-17(21-12-20)14(5)15-9-13(4)10-16(19)11-15/h9-11H,5-8H2,1-4H3,(H,21,22). The summed E-state index contributed by atoms with van der Waals surface area (Å²) in [6.07, 6.45) is 4.71. The normalized spacial score (nSPS) is 11.9. The lowest BCUT2D eigenvalue weighted by atomic mass is 9.90. The summed E-state index contributed by atoms with van der Waals surface area (Å²) < 4.78 is 0. The quantitative estimate of drug-likeness (QED) is 0.343. The Hall–Kier alpha value is -1.79. The first-order chi connectivity index (χ1) is 10.4. The number of nitriles is 1. The maximum atomic E-state index is 9.05. The summed E-state index contributed by atoms with van der Waals surface area (Å²) in [5.74, 6) is 0.523. The Bertz CT molecular complexity index is 579. The van der Waals surface area contributed by atoms with Crippen LogP contribution in [0.1, 0.15) is 51.2 Å². The van der Waals surface area contributed by atoms with Crippen LogP contribution >= 0.6 is 11.6 Å². The van der Waals surface area contributed by atoms with E-state index in [1.807, 2.05) is 31.3 Å². The number of hydrogen-bond donors (Lipinski definition) is 1. The molecule has 0 saturated carbocycles. The van der Waals surface area contributed by atoms with Crippen LogP contribution in [-0.2, 0) is 0 Å². The Morgan fingerprint density at radius 2 is 1.86 bits per heavy atom. The second-order valence-electron chi connectivity index (χ2n) is 5.48. The maximum absolute atomic E-state index is 9.05. The van der Waals surface area contributed by atoms with E-state index in [1.54, 1.807) is 0 Å². The van der Waals surface area contributed by atoms with E-state index >= 15 is 0 Å². The number of amidine groups is 1. The van der Waals surface area contributed by atoms with Crippen LogP contribution in [0.5, 0.6) is 0 Å². The lowest BCUT2D eigenvalue weighted by Crippen LogP contribution is -2.30. The number of nitrogens with zero attached hydrogens (tertiary/aromatic N) is 2. The molecule has 1 N–H and O–H groups in total. The third-order valence-corrected chi connectivity index (χ3v) is 4.39. The number of aryl methyl sites for hydroxylation is 1. The van der Waals surface area contributed by atoms with Gasteiger partial charge < -0.3 is 0 Å². The van der Waals surface area contributed by atoms with Crippen LogP contribution in [0.15, 0.2) is 29.8 Å². The first-order valence-electron chi connectivity index (χ1n) is 7.63. The van der Waals surface area contributed by atoms with E-state index in [9.17, 15) is 0 Å². The summed E-state index contributed by atoms with van der Waals surface area (Å²) in [5, 5.41) is 12.4. The lowest BCUT2D eigenvalue weighted by Gasteiger charge is -2.27. The second kappa shape index (κ2) is 8.00. The average Bonchev–Trinajstić information content (AvgIpc) is 2.50. The van der Waals surface area contributed by atoms with Crippen molar-refractivity contribution in [2.75, 3.05) is 0 Å². The van der Waals surface area contributed by atoms with Crippen molar-refractivity contribution >= 4 is 23.0 Å². The third kappa shape index (κ3) is 4.35. The Morgan fingerprint density at radius 3 is 2.32 bits per heavy atom. The maximum Gasteiger partial charge on any atom is 0.182 e. The number of halogens is 1. The predicted octanol–water partition coefficient (Wildman–Crippen LogP) is 5.10. The molecule has 0 unspecified atom stereocenters. The van der Waals surface area contributed by atoms with Crippen molar-refractivity contribution in [2.24, 2.45) is 4.99 Å². The van der Waals surface area contributed by atoms with Crippen LogP contribution in [0.3, 0.4) is 0 Å². The van der Waals surface area contributed by atoms with E-state index in [-0.39, 0.29) is 5.54 Å². The third-order valence-electron chi connectivity index (χ3n) is 4.17. The first-order valence-corrected chi connectivity index (χ1v) is 8.01. The van der Waals surface area contributed by atoms with Crippen molar-refractivity contribution < 1.29 is 0 Å². The number of nitrogens with one attached hydrogen (secondary N) is 1. The molecule has 0 aliphatic heterocycles. The summed E-state index contributed by atoms with van der Waals surface area (Å²) in [4.78, 5) is 4.83.